The van der Waals surface area contributed by atoms with Crippen molar-refractivity contribution in [3.05, 3.63) is 30.1 Å². The number of nitrogens with one attached hydrogen (secondary N) is 3. The van der Waals surface area contributed by atoms with Gasteiger partial charge >= 0.3 is 11.8 Å². The summed E-state index contributed by atoms with van der Waals surface area (Å²) in [7, 11) is 0. The first kappa shape index (κ1) is 16.4. The molecule has 3 rings (SSSR count). The van der Waals surface area contributed by atoms with Gasteiger partial charge in [0.15, 0.2) is 0 Å². The molecule has 1 spiro atoms. The second-order valence-electron chi connectivity index (χ2n) is 6.02. The molecule has 2 fully saturated rings. The molecule has 7 nitrogen and oxygen atoms in total. The van der Waals surface area contributed by atoms with Gasteiger partial charge in [0.25, 0.3) is 0 Å². The van der Waals surface area contributed by atoms with Crippen LogP contribution in [-0.2, 0) is 14.4 Å². The first-order chi connectivity index (χ1) is 11.5. The topological polar surface area (TPSA) is 90.5 Å². The molecule has 0 saturated carbocycles. The minimum absolute atomic E-state index is 0.0509. The lowest BCUT2D eigenvalue weighted by Crippen LogP contribution is -2.67. The number of hydrogen-bond acceptors (Lipinski definition) is 4. The van der Waals surface area contributed by atoms with Crippen LogP contribution in [0.5, 0.6) is 0 Å². The highest BCUT2D eigenvalue weighted by molar-refractivity contribution is 6.39. The van der Waals surface area contributed by atoms with E-state index < -0.39 is 23.2 Å². The van der Waals surface area contributed by atoms with Gasteiger partial charge in [0.2, 0.25) is 5.91 Å². The predicted molar refractivity (Wildman–Crippen MR) is 84.6 cm³/mol. The van der Waals surface area contributed by atoms with Gasteiger partial charge in [0, 0.05) is 31.9 Å². The van der Waals surface area contributed by atoms with Gasteiger partial charge in [-0.15, -0.1) is 0 Å². The Morgan fingerprint density at radius 3 is 2.62 bits per heavy atom. The van der Waals surface area contributed by atoms with Crippen LogP contribution in [0.25, 0.3) is 0 Å². The maximum Gasteiger partial charge on any atom is 0.313 e. The fourth-order valence-corrected chi connectivity index (χ4v) is 3.12. The van der Waals surface area contributed by atoms with E-state index in [9.17, 15) is 18.8 Å². The van der Waals surface area contributed by atoms with Gasteiger partial charge in [-0.1, -0.05) is 6.07 Å². The molecule has 0 unspecified atom stereocenters. The van der Waals surface area contributed by atoms with Crippen LogP contribution in [0.3, 0.4) is 0 Å². The van der Waals surface area contributed by atoms with Gasteiger partial charge in [-0.05, 0) is 31.0 Å². The summed E-state index contributed by atoms with van der Waals surface area (Å²) in [6.45, 7) is 1.92. The van der Waals surface area contributed by atoms with Gasteiger partial charge in [-0.3, -0.25) is 14.4 Å². The molecule has 24 heavy (non-hydrogen) atoms. The Bertz CT molecular complexity index is 671. The number of amides is 3. The lowest BCUT2D eigenvalue weighted by atomic mass is 9.85. The van der Waals surface area contributed by atoms with E-state index in [2.05, 4.69) is 16.0 Å². The second kappa shape index (κ2) is 6.56. The van der Waals surface area contributed by atoms with Crippen LogP contribution in [-0.4, -0.2) is 54.3 Å². The third kappa shape index (κ3) is 3.23. The van der Waals surface area contributed by atoms with Crippen molar-refractivity contribution in [1.29, 1.82) is 0 Å². The third-order valence-corrected chi connectivity index (χ3v) is 4.49. The number of piperazine rings is 1. The molecule has 0 atom stereocenters. The van der Waals surface area contributed by atoms with Crippen molar-refractivity contribution < 1.29 is 18.8 Å². The fourth-order valence-electron chi connectivity index (χ4n) is 3.12. The first-order valence-electron chi connectivity index (χ1n) is 7.89. The van der Waals surface area contributed by atoms with Gasteiger partial charge in [0.1, 0.15) is 11.4 Å². The molecule has 8 heteroatoms. The van der Waals surface area contributed by atoms with Crippen molar-refractivity contribution in [1.82, 2.24) is 15.5 Å². The number of piperidine rings is 1. The zero-order valence-corrected chi connectivity index (χ0v) is 13.1. The molecule has 3 amide bonds. The van der Waals surface area contributed by atoms with E-state index >= 15 is 0 Å². The van der Waals surface area contributed by atoms with Crippen LogP contribution >= 0.6 is 0 Å². The number of rotatable bonds is 1. The number of carbonyl (C=O) groups is 3. The minimum Gasteiger partial charge on any atom is -0.353 e. The third-order valence-electron chi connectivity index (χ3n) is 4.49. The molecule has 2 heterocycles. The maximum atomic E-state index is 13.1. The van der Waals surface area contributed by atoms with Gasteiger partial charge in [0.05, 0.1) is 0 Å². The average Bonchev–Trinajstić information content (AvgIpc) is 2.58. The molecule has 1 aromatic carbocycles. The van der Waals surface area contributed by atoms with Crippen molar-refractivity contribution in [2.24, 2.45) is 0 Å². The summed E-state index contributed by atoms with van der Waals surface area (Å²) in [5.41, 5.74) is -0.413. The number of likely N-dealkylation sites (tertiary alicyclic amines) is 1. The summed E-state index contributed by atoms with van der Waals surface area (Å²) in [6, 6.07) is 5.36. The Hall–Kier alpha value is -2.48. The van der Waals surface area contributed by atoms with Gasteiger partial charge in [-0.2, -0.15) is 0 Å². The van der Waals surface area contributed by atoms with Crippen molar-refractivity contribution >= 4 is 23.4 Å². The zero-order valence-electron chi connectivity index (χ0n) is 13.1. The van der Waals surface area contributed by atoms with Crippen LogP contribution in [0, 0.1) is 5.82 Å². The predicted octanol–water partition coefficient (Wildman–Crippen LogP) is -0.155. The largest absolute Gasteiger partial charge is 0.353 e. The number of anilines is 1. The molecule has 1 aromatic rings. The first-order valence-corrected chi connectivity index (χ1v) is 7.89. The number of nitrogens with zero attached hydrogens (tertiary/aromatic N) is 1. The van der Waals surface area contributed by atoms with E-state index in [-0.39, 0.29) is 11.6 Å². The smallest absolute Gasteiger partial charge is 0.313 e. The van der Waals surface area contributed by atoms with Crippen molar-refractivity contribution in [2.75, 3.05) is 31.5 Å². The van der Waals surface area contributed by atoms with E-state index in [0.29, 0.717) is 39.0 Å². The molecule has 2 saturated heterocycles. The van der Waals surface area contributed by atoms with Crippen molar-refractivity contribution in [2.45, 2.75) is 18.4 Å². The summed E-state index contributed by atoms with van der Waals surface area (Å²) in [6.07, 6.45) is 0.912. The van der Waals surface area contributed by atoms with Crippen molar-refractivity contribution in [3.8, 4) is 0 Å². The van der Waals surface area contributed by atoms with E-state index in [4.69, 9.17) is 0 Å². The molecule has 0 radical (unpaired) electrons. The van der Waals surface area contributed by atoms with E-state index in [1.54, 1.807) is 0 Å². The summed E-state index contributed by atoms with van der Waals surface area (Å²) in [5.74, 6) is -2.03. The van der Waals surface area contributed by atoms with E-state index in [1.807, 2.05) is 0 Å². The maximum absolute atomic E-state index is 13.1. The highest BCUT2D eigenvalue weighted by Gasteiger charge is 2.43. The monoisotopic (exact) mass is 334 g/mol. The number of carbonyl (C=O) groups excluding carboxylic acids is 3. The minimum atomic E-state index is -0.808. The Morgan fingerprint density at radius 2 is 1.96 bits per heavy atom. The Labute approximate surface area is 138 Å². The second-order valence-corrected chi connectivity index (χ2v) is 6.02. The molecular weight excluding hydrogens is 315 g/mol. The highest BCUT2D eigenvalue weighted by Crippen LogP contribution is 2.24. The molecule has 0 bridgehead atoms. The SMILES string of the molecule is O=C(Nc1cccc(F)c1)C(=O)N1CCC2(CC1)NCCNC2=O. The molecular formula is C16H19FN4O3. The Morgan fingerprint density at radius 1 is 1.21 bits per heavy atom. The van der Waals surface area contributed by atoms with E-state index in [1.165, 1.54) is 23.1 Å². The number of benzene rings is 1. The molecule has 2 aliphatic rings. The van der Waals surface area contributed by atoms with Crippen LogP contribution in [0.4, 0.5) is 10.1 Å². The summed E-state index contributed by atoms with van der Waals surface area (Å²) in [5, 5.41) is 8.45. The number of halogens is 1. The van der Waals surface area contributed by atoms with Crippen LogP contribution in [0.15, 0.2) is 24.3 Å². The Balaban J connectivity index is 1.58. The van der Waals surface area contributed by atoms with Crippen molar-refractivity contribution in [3.63, 3.8) is 0 Å². The lowest BCUT2D eigenvalue weighted by molar-refractivity contribution is -0.145. The average molecular weight is 334 g/mol. The molecule has 3 N–H and O–H groups in total. The van der Waals surface area contributed by atoms with Crippen LogP contribution < -0.4 is 16.0 Å². The van der Waals surface area contributed by atoms with Gasteiger partial charge in [-0.25, -0.2) is 4.39 Å². The van der Waals surface area contributed by atoms with E-state index in [0.717, 1.165) is 6.07 Å². The Kier molecular flexibility index (Phi) is 4.48. The van der Waals surface area contributed by atoms with Crippen LogP contribution in [0.2, 0.25) is 0 Å². The molecule has 128 valence electrons. The molecule has 0 aliphatic carbocycles. The molecule has 0 aromatic heterocycles. The number of hydrogen-bond donors (Lipinski definition) is 3. The standard InChI is InChI=1S/C16H19FN4O3/c17-11-2-1-3-12(10-11)20-13(22)14(23)21-8-4-16(5-9-21)15(24)18-6-7-19-16/h1-3,10,19H,4-9H2,(H,18,24)(H,20,22). The normalized spacial score (nSPS) is 19.7. The van der Waals surface area contributed by atoms with Crippen LogP contribution in [0.1, 0.15) is 12.8 Å². The summed E-state index contributed by atoms with van der Waals surface area (Å²) >= 11 is 0. The van der Waals surface area contributed by atoms with Gasteiger partial charge < -0.3 is 20.9 Å². The fraction of sp³-hybridized carbons (Fsp3) is 0.438. The lowest BCUT2D eigenvalue weighted by Gasteiger charge is -2.43. The summed E-state index contributed by atoms with van der Waals surface area (Å²) in [4.78, 5) is 37.8. The highest BCUT2D eigenvalue weighted by atomic mass is 19.1. The summed E-state index contributed by atoms with van der Waals surface area (Å²) < 4.78 is 13.1. The molecule has 2 aliphatic heterocycles. The quantitative estimate of drug-likeness (QED) is 0.623. The zero-order chi connectivity index (χ0) is 17.2.